The van der Waals surface area contributed by atoms with Crippen molar-refractivity contribution in [1.29, 1.82) is 0 Å². The number of anilines is 1. The van der Waals surface area contributed by atoms with E-state index >= 15 is 0 Å². The van der Waals surface area contributed by atoms with Gasteiger partial charge in [-0.25, -0.2) is 9.78 Å². The number of esters is 1. The molecule has 0 amide bonds. The number of nitrogens with two attached hydrogens (primary N) is 1. The van der Waals surface area contributed by atoms with Crippen LogP contribution in [0.25, 0.3) is 10.2 Å². The van der Waals surface area contributed by atoms with Crippen LogP contribution >= 0.6 is 27.3 Å². The number of hydrogen-bond acceptors (Lipinski definition) is 6. The molecule has 17 heavy (non-hydrogen) atoms. The average molecular weight is 318 g/mol. The molecule has 3 N–H and O–H groups in total. The van der Waals surface area contributed by atoms with Gasteiger partial charge in [0.1, 0.15) is 10.2 Å². The highest BCUT2D eigenvalue weighted by atomic mass is 79.9. The Balaban J connectivity index is 2.64. The van der Waals surface area contributed by atoms with Crippen LogP contribution in [0.5, 0.6) is 0 Å². The molecule has 0 saturated heterocycles. The van der Waals surface area contributed by atoms with E-state index in [1.54, 1.807) is 6.92 Å². The third-order valence-corrected chi connectivity index (χ3v) is 3.82. The summed E-state index contributed by atoms with van der Waals surface area (Å²) in [6.07, 6.45) is 0. The summed E-state index contributed by atoms with van der Waals surface area (Å²) in [5.41, 5.74) is 5.59. The lowest BCUT2D eigenvalue weighted by Crippen LogP contribution is -2.17. The summed E-state index contributed by atoms with van der Waals surface area (Å²) in [5, 5.41) is 0.287. The van der Waals surface area contributed by atoms with E-state index in [9.17, 15) is 9.59 Å². The second kappa shape index (κ2) is 4.46. The standard InChI is InChI=1S/C9H8BrN3O3S/c1-2-16-9(15)6-12-7(14)3-4(11)5(10)17-8(3)13-6/h2,11H2,1H3,(H,12,13,14). The van der Waals surface area contributed by atoms with Crippen LogP contribution in [0.15, 0.2) is 8.58 Å². The molecule has 2 aromatic rings. The molecule has 6 nitrogen and oxygen atoms in total. The third-order valence-electron chi connectivity index (χ3n) is 2.02. The summed E-state index contributed by atoms with van der Waals surface area (Å²) in [4.78, 5) is 30.0. The van der Waals surface area contributed by atoms with Crippen molar-refractivity contribution in [3.63, 3.8) is 0 Å². The molecule has 0 saturated carbocycles. The van der Waals surface area contributed by atoms with Gasteiger partial charge in [-0.15, -0.1) is 11.3 Å². The summed E-state index contributed by atoms with van der Waals surface area (Å²) in [6, 6.07) is 0. The van der Waals surface area contributed by atoms with Gasteiger partial charge >= 0.3 is 5.97 Å². The summed E-state index contributed by atoms with van der Waals surface area (Å²) < 4.78 is 5.38. The second-order valence-corrected chi connectivity index (χ2v) is 5.42. The zero-order valence-corrected chi connectivity index (χ0v) is 11.1. The van der Waals surface area contributed by atoms with Gasteiger partial charge in [0.2, 0.25) is 5.82 Å². The minimum atomic E-state index is -0.658. The van der Waals surface area contributed by atoms with Gasteiger partial charge in [-0.3, -0.25) is 4.79 Å². The van der Waals surface area contributed by atoms with E-state index in [0.717, 1.165) is 0 Å². The first-order valence-corrected chi connectivity index (χ1v) is 6.30. The number of fused-ring (bicyclic) bond motifs is 1. The van der Waals surface area contributed by atoms with Gasteiger partial charge in [-0.2, -0.15) is 0 Å². The van der Waals surface area contributed by atoms with Crippen LogP contribution < -0.4 is 11.3 Å². The smallest absolute Gasteiger partial charge is 0.374 e. The van der Waals surface area contributed by atoms with Gasteiger partial charge in [0.25, 0.3) is 5.56 Å². The Kier molecular flexibility index (Phi) is 3.16. The molecular formula is C9H8BrN3O3S. The van der Waals surface area contributed by atoms with Gasteiger partial charge < -0.3 is 15.5 Å². The highest BCUT2D eigenvalue weighted by Crippen LogP contribution is 2.34. The summed E-state index contributed by atoms with van der Waals surface area (Å²) in [7, 11) is 0. The largest absolute Gasteiger partial charge is 0.460 e. The molecule has 0 aromatic carbocycles. The molecule has 0 radical (unpaired) electrons. The lowest BCUT2D eigenvalue weighted by atomic mass is 10.3. The first kappa shape index (κ1) is 12.1. The van der Waals surface area contributed by atoms with Crippen molar-refractivity contribution >= 4 is 49.1 Å². The Morgan fingerprint density at radius 1 is 1.65 bits per heavy atom. The molecule has 8 heteroatoms. The highest BCUT2D eigenvalue weighted by molar-refractivity contribution is 9.11. The number of hydrogen-bond donors (Lipinski definition) is 2. The van der Waals surface area contributed by atoms with E-state index in [-0.39, 0.29) is 17.8 Å². The molecule has 0 bridgehead atoms. The molecule has 0 aliphatic rings. The Bertz CT molecular complexity index is 649. The number of rotatable bonds is 2. The zero-order valence-electron chi connectivity index (χ0n) is 8.74. The predicted molar refractivity (Wildman–Crippen MR) is 68.3 cm³/mol. The molecule has 0 atom stereocenters. The maximum atomic E-state index is 11.7. The number of aromatic amines is 1. The maximum absolute atomic E-state index is 11.7. The Morgan fingerprint density at radius 3 is 3.00 bits per heavy atom. The average Bonchev–Trinajstić information content (AvgIpc) is 2.55. The van der Waals surface area contributed by atoms with E-state index in [4.69, 9.17) is 10.5 Å². The van der Waals surface area contributed by atoms with E-state index in [1.807, 2.05) is 0 Å². The second-order valence-electron chi connectivity index (χ2n) is 3.10. The fraction of sp³-hybridized carbons (Fsp3) is 0.222. The van der Waals surface area contributed by atoms with Crippen LogP contribution in [0.4, 0.5) is 5.69 Å². The highest BCUT2D eigenvalue weighted by Gasteiger charge is 2.17. The summed E-state index contributed by atoms with van der Waals surface area (Å²) in [5.74, 6) is -0.771. The van der Waals surface area contributed by atoms with Gasteiger partial charge in [-0.1, -0.05) is 0 Å². The molecule has 2 heterocycles. The molecular weight excluding hydrogens is 310 g/mol. The normalized spacial score (nSPS) is 10.7. The Labute approximate surface area is 108 Å². The van der Waals surface area contributed by atoms with Crippen molar-refractivity contribution in [2.45, 2.75) is 6.92 Å². The molecule has 0 aliphatic carbocycles. The number of ether oxygens (including phenoxy) is 1. The monoisotopic (exact) mass is 317 g/mol. The number of halogens is 1. The number of aromatic nitrogens is 2. The van der Waals surface area contributed by atoms with Crippen molar-refractivity contribution in [1.82, 2.24) is 9.97 Å². The molecule has 0 unspecified atom stereocenters. The van der Waals surface area contributed by atoms with Crippen molar-refractivity contribution in [2.24, 2.45) is 0 Å². The Hall–Kier alpha value is -1.41. The fourth-order valence-corrected chi connectivity index (χ4v) is 2.78. The summed E-state index contributed by atoms with van der Waals surface area (Å²) >= 11 is 4.41. The number of nitrogens with one attached hydrogen (secondary N) is 1. The predicted octanol–water partition coefficient (Wildman–Crippen LogP) is 1.51. The Morgan fingerprint density at radius 2 is 2.35 bits per heavy atom. The van der Waals surface area contributed by atoms with E-state index in [0.29, 0.717) is 14.3 Å². The SMILES string of the molecule is CCOC(=O)c1nc2sc(Br)c(N)c2c(=O)[nH]1. The fourth-order valence-electron chi connectivity index (χ4n) is 1.30. The first-order chi connectivity index (χ1) is 8.04. The lowest BCUT2D eigenvalue weighted by molar-refractivity contribution is 0.0512. The van der Waals surface area contributed by atoms with E-state index in [2.05, 4.69) is 25.9 Å². The number of nitrogens with zero attached hydrogens (tertiary/aromatic N) is 1. The van der Waals surface area contributed by atoms with Crippen LogP contribution in [0.1, 0.15) is 17.5 Å². The minimum Gasteiger partial charge on any atom is -0.460 e. The molecule has 0 spiro atoms. The van der Waals surface area contributed by atoms with Gasteiger partial charge in [0, 0.05) is 0 Å². The molecule has 2 aromatic heterocycles. The van der Waals surface area contributed by atoms with Gasteiger partial charge in [0.05, 0.1) is 16.1 Å². The van der Waals surface area contributed by atoms with Crippen molar-refractivity contribution in [3.8, 4) is 0 Å². The minimum absolute atomic E-state index is 0.113. The number of H-pyrrole nitrogens is 1. The van der Waals surface area contributed by atoms with Crippen molar-refractivity contribution in [2.75, 3.05) is 12.3 Å². The van der Waals surface area contributed by atoms with Crippen molar-refractivity contribution in [3.05, 3.63) is 20.0 Å². The molecule has 90 valence electrons. The summed E-state index contributed by atoms with van der Waals surface area (Å²) in [6.45, 7) is 1.89. The maximum Gasteiger partial charge on any atom is 0.374 e. The topological polar surface area (TPSA) is 98.1 Å². The van der Waals surface area contributed by atoms with Crippen molar-refractivity contribution < 1.29 is 9.53 Å². The quantitative estimate of drug-likeness (QED) is 0.818. The van der Waals surface area contributed by atoms with Crippen LogP contribution in [-0.4, -0.2) is 22.5 Å². The van der Waals surface area contributed by atoms with Gasteiger partial charge in [0.15, 0.2) is 0 Å². The molecule has 2 rings (SSSR count). The van der Waals surface area contributed by atoms with E-state index < -0.39 is 11.5 Å². The number of carbonyl (C=O) groups excluding carboxylic acids is 1. The van der Waals surface area contributed by atoms with E-state index in [1.165, 1.54) is 11.3 Å². The lowest BCUT2D eigenvalue weighted by Gasteiger charge is -2.00. The molecule has 0 fully saturated rings. The van der Waals surface area contributed by atoms with Crippen LogP contribution in [0.2, 0.25) is 0 Å². The number of nitrogen functional groups attached to an aromatic ring is 1. The van der Waals surface area contributed by atoms with Crippen LogP contribution in [0, 0.1) is 0 Å². The van der Waals surface area contributed by atoms with Crippen LogP contribution in [-0.2, 0) is 4.74 Å². The van der Waals surface area contributed by atoms with Crippen LogP contribution in [0.3, 0.4) is 0 Å². The number of thiophene rings is 1. The zero-order chi connectivity index (χ0) is 12.6. The third kappa shape index (κ3) is 2.05. The molecule has 0 aliphatic heterocycles. The van der Waals surface area contributed by atoms with Gasteiger partial charge in [-0.05, 0) is 22.9 Å². The number of carbonyl (C=O) groups is 1. The first-order valence-electron chi connectivity index (χ1n) is 4.69.